The van der Waals surface area contributed by atoms with Crippen LogP contribution in [0.3, 0.4) is 0 Å². The van der Waals surface area contributed by atoms with Gasteiger partial charge in [0.2, 0.25) is 0 Å². The second kappa shape index (κ2) is 7.40. The van der Waals surface area contributed by atoms with Gasteiger partial charge in [-0.25, -0.2) is 4.68 Å². The van der Waals surface area contributed by atoms with Crippen LogP contribution in [0.2, 0.25) is 0 Å². The monoisotopic (exact) mass is 364 g/mol. The van der Waals surface area contributed by atoms with E-state index in [1.54, 1.807) is 10.9 Å². The van der Waals surface area contributed by atoms with Gasteiger partial charge in [0, 0.05) is 25.2 Å². The first-order valence-corrected chi connectivity index (χ1v) is 9.28. The minimum Gasteiger partial charge on any atom is -0.463 e. The van der Waals surface area contributed by atoms with Gasteiger partial charge in [-0.05, 0) is 51.2 Å². The highest BCUT2D eigenvalue weighted by molar-refractivity contribution is 5.94. The maximum atomic E-state index is 13.3. The van der Waals surface area contributed by atoms with E-state index in [4.69, 9.17) is 4.42 Å². The average Bonchev–Trinajstić information content (AvgIpc) is 3.38. The second-order valence-electron chi connectivity index (χ2n) is 7.13. The summed E-state index contributed by atoms with van der Waals surface area (Å²) in [6, 6.07) is 15.8. The Morgan fingerprint density at radius 1 is 1.11 bits per heavy atom. The van der Waals surface area contributed by atoms with Crippen molar-refractivity contribution in [2.75, 3.05) is 27.2 Å². The molecule has 4 rings (SSSR count). The van der Waals surface area contributed by atoms with Gasteiger partial charge < -0.3 is 14.2 Å². The van der Waals surface area contributed by atoms with Crippen LogP contribution in [0.5, 0.6) is 0 Å². The number of benzene rings is 1. The van der Waals surface area contributed by atoms with Crippen LogP contribution in [0.15, 0.2) is 59.2 Å². The Balaban J connectivity index is 1.66. The third-order valence-corrected chi connectivity index (χ3v) is 5.18. The zero-order chi connectivity index (χ0) is 18.8. The molecule has 0 saturated carbocycles. The van der Waals surface area contributed by atoms with Crippen molar-refractivity contribution in [1.29, 1.82) is 0 Å². The molecule has 1 aromatic carbocycles. The number of carbonyl (C=O) groups excluding carboxylic acids is 1. The van der Waals surface area contributed by atoms with Crippen molar-refractivity contribution in [3.05, 3.63) is 60.5 Å². The van der Waals surface area contributed by atoms with Crippen molar-refractivity contribution in [3.63, 3.8) is 0 Å². The van der Waals surface area contributed by atoms with Crippen LogP contribution in [-0.2, 0) is 0 Å². The van der Waals surface area contributed by atoms with E-state index in [2.05, 4.69) is 24.1 Å². The maximum Gasteiger partial charge on any atom is 0.272 e. The molecule has 1 saturated heterocycles. The zero-order valence-corrected chi connectivity index (χ0v) is 15.7. The number of hydrogen-bond acceptors (Lipinski definition) is 4. The molecule has 0 unspecified atom stereocenters. The Labute approximate surface area is 159 Å². The predicted octanol–water partition coefficient (Wildman–Crippen LogP) is 3.30. The molecule has 2 aromatic heterocycles. The summed E-state index contributed by atoms with van der Waals surface area (Å²) in [4.78, 5) is 17.4. The quantitative estimate of drug-likeness (QED) is 0.713. The first-order chi connectivity index (χ1) is 13.1. The Morgan fingerprint density at radius 3 is 2.48 bits per heavy atom. The molecule has 1 aliphatic rings. The van der Waals surface area contributed by atoms with Crippen molar-refractivity contribution >= 4 is 5.91 Å². The molecule has 27 heavy (non-hydrogen) atoms. The number of amides is 1. The van der Waals surface area contributed by atoms with E-state index in [1.807, 2.05) is 53.4 Å². The lowest BCUT2D eigenvalue weighted by atomic mass is 10.0. The van der Waals surface area contributed by atoms with Gasteiger partial charge in [-0.2, -0.15) is 5.10 Å². The summed E-state index contributed by atoms with van der Waals surface area (Å²) in [5, 5.41) is 4.65. The number of hydrogen-bond donors (Lipinski definition) is 0. The van der Waals surface area contributed by atoms with Gasteiger partial charge in [0.05, 0.1) is 12.0 Å². The van der Waals surface area contributed by atoms with E-state index in [1.165, 1.54) is 0 Å². The van der Waals surface area contributed by atoms with Crippen LogP contribution in [0.25, 0.3) is 17.1 Å². The van der Waals surface area contributed by atoms with Crippen LogP contribution in [-0.4, -0.2) is 58.7 Å². The number of rotatable bonds is 4. The van der Waals surface area contributed by atoms with E-state index in [0.717, 1.165) is 31.6 Å². The van der Waals surface area contributed by atoms with Gasteiger partial charge in [-0.3, -0.25) is 4.79 Å². The topological polar surface area (TPSA) is 54.5 Å². The van der Waals surface area contributed by atoms with Crippen LogP contribution in [0.1, 0.15) is 23.3 Å². The molecule has 1 amide bonds. The molecular formula is C21H24N4O2. The summed E-state index contributed by atoms with van der Waals surface area (Å²) < 4.78 is 7.20. The zero-order valence-electron chi connectivity index (χ0n) is 15.7. The summed E-state index contributed by atoms with van der Waals surface area (Å²) in [6.45, 7) is 1.52. The minimum absolute atomic E-state index is 0.0152. The first kappa shape index (κ1) is 17.5. The highest BCUT2D eigenvalue weighted by Crippen LogP contribution is 2.24. The van der Waals surface area contributed by atoms with Crippen molar-refractivity contribution in [2.24, 2.45) is 0 Å². The standard InChI is InChI=1S/C21H24N4O2/c1-23(2)16-10-12-24(13-11-16)21(26)19-15-18(20-9-6-14-27-20)22-25(19)17-7-4-3-5-8-17/h3-9,14-16H,10-13H2,1-2H3. The Kier molecular flexibility index (Phi) is 4.81. The third kappa shape index (κ3) is 3.53. The fraction of sp³-hybridized carbons (Fsp3) is 0.333. The molecule has 3 aromatic rings. The van der Waals surface area contributed by atoms with E-state index >= 15 is 0 Å². The number of carbonyl (C=O) groups is 1. The Morgan fingerprint density at radius 2 is 1.85 bits per heavy atom. The molecule has 0 spiro atoms. The number of nitrogens with zero attached hydrogens (tertiary/aromatic N) is 4. The molecule has 0 bridgehead atoms. The molecule has 0 radical (unpaired) electrons. The summed E-state index contributed by atoms with van der Waals surface area (Å²) in [6.07, 6.45) is 3.59. The van der Waals surface area contributed by atoms with Gasteiger partial charge in [-0.15, -0.1) is 0 Å². The second-order valence-corrected chi connectivity index (χ2v) is 7.13. The largest absolute Gasteiger partial charge is 0.463 e. The molecule has 0 aliphatic carbocycles. The number of piperidine rings is 1. The lowest BCUT2D eigenvalue weighted by Gasteiger charge is -2.35. The van der Waals surface area contributed by atoms with E-state index < -0.39 is 0 Å². The third-order valence-electron chi connectivity index (χ3n) is 5.18. The minimum atomic E-state index is 0.0152. The fourth-order valence-electron chi connectivity index (χ4n) is 3.59. The molecule has 3 heterocycles. The first-order valence-electron chi connectivity index (χ1n) is 9.28. The number of furan rings is 1. The van der Waals surface area contributed by atoms with Crippen LogP contribution in [0, 0.1) is 0 Å². The molecule has 6 heteroatoms. The molecule has 0 atom stereocenters. The highest BCUT2D eigenvalue weighted by Gasteiger charge is 2.28. The highest BCUT2D eigenvalue weighted by atomic mass is 16.3. The van der Waals surface area contributed by atoms with E-state index in [0.29, 0.717) is 23.2 Å². The van der Waals surface area contributed by atoms with Gasteiger partial charge >= 0.3 is 0 Å². The molecular weight excluding hydrogens is 340 g/mol. The molecule has 0 N–H and O–H groups in total. The van der Waals surface area contributed by atoms with Crippen LogP contribution >= 0.6 is 0 Å². The summed E-state index contributed by atoms with van der Waals surface area (Å²) in [7, 11) is 4.20. The summed E-state index contributed by atoms with van der Waals surface area (Å²) >= 11 is 0. The Hall–Kier alpha value is -2.86. The van der Waals surface area contributed by atoms with Crippen molar-refractivity contribution < 1.29 is 9.21 Å². The normalized spacial score (nSPS) is 15.4. The number of aromatic nitrogens is 2. The molecule has 1 aliphatic heterocycles. The van der Waals surface area contributed by atoms with E-state index in [-0.39, 0.29) is 5.91 Å². The summed E-state index contributed by atoms with van der Waals surface area (Å²) in [5.74, 6) is 0.673. The Bertz CT molecular complexity index is 892. The SMILES string of the molecule is CN(C)C1CCN(C(=O)c2cc(-c3ccco3)nn2-c2ccccc2)CC1. The molecule has 1 fully saturated rings. The predicted molar refractivity (Wildman–Crippen MR) is 104 cm³/mol. The van der Waals surface area contributed by atoms with Gasteiger partial charge in [0.25, 0.3) is 5.91 Å². The molecule has 140 valence electrons. The average molecular weight is 364 g/mol. The van der Waals surface area contributed by atoms with Gasteiger partial charge in [0.15, 0.2) is 5.76 Å². The van der Waals surface area contributed by atoms with Crippen LogP contribution in [0.4, 0.5) is 0 Å². The van der Waals surface area contributed by atoms with Gasteiger partial charge in [0.1, 0.15) is 11.4 Å². The van der Waals surface area contributed by atoms with Crippen molar-refractivity contribution in [1.82, 2.24) is 19.6 Å². The lowest BCUT2D eigenvalue weighted by Crippen LogP contribution is -2.44. The molecule has 6 nitrogen and oxygen atoms in total. The summed E-state index contributed by atoms with van der Waals surface area (Å²) in [5.41, 5.74) is 2.09. The fourth-order valence-corrected chi connectivity index (χ4v) is 3.59. The van der Waals surface area contributed by atoms with Gasteiger partial charge in [-0.1, -0.05) is 18.2 Å². The van der Waals surface area contributed by atoms with Crippen molar-refractivity contribution in [3.8, 4) is 17.1 Å². The number of para-hydroxylation sites is 1. The van der Waals surface area contributed by atoms with Crippen molar-refractivity contribution in [2.45, 2.75) is 18.9 Å². The number of likely N-dealkylation sites (tertiary alicyclic amines) is 1. The van der Waals surface area contributed by atoms with Crippen LogP contribution < -0.4 is 0 Å². The lowest BCUT2D eigenvalue weighted by molar-refractivity contribution is 0.0654. The maximum absolute atomic E-state index is 13.3. The smallest absolute Gasteiger partial charge is 0.272 e. The van der Waals surface area contributed by atoms with E-state index in [9.17, 15) is 4.79 Å².